The number of imidazole rings is 1. The molecule has 0 aliphatic heterocycles. The molecule has 2 aromatic rings. The van der Waals surface area contributed by atoms with E-state index in [0.29, 0.717) is 0 Å². The van der Waals surface area contributed by atoms with Gasteiger partial charge in [0.1, 0.15) is 5.82 Å². The second kappa shape index (κ2) is 6.17. The maximum Gasteiger partial charge on any atom is 0.126 e. The van der Waals surface area contributed by atoms with Crippen molar-refractivity contribution in [1.82, 2.24) is 19.8 Å². The highest BCUT2D eigenvalue weighted by molar-refractivity contribution is 5.75. The van der Waals surface area contributed by atoms with E-state index in [9.17, 15) is 0 Å². The molecule has 0 saturated heterocycles. The van der Waals surface area contributed by atoms with Gasteiger partial charge >= 0.3 is 0 Å². The molecule has 1 N–H and O–H groups in total. The van der Waals surface area contributed by atoms with Crippen molar-refractivity contribution in [1.29, 1.82) is 0 Å². The van der Waals surface area contributed by atoms with Crippen molar-refractivity contribution in [2.75, 3.05) is 27.2 Å². The third-order valence-corrected chi connectivity index (χ3v) is 3.44. The maximum atomic E-state index is 4.72. The molecule has 4 nitrogen and oxygen atoms in total. The zero-order chi connectivity index (χ0) is 13.8. The summed E-state index contributed by atoms with van der Waals surface area (Å²) in [5.41, 5.74) is 2.27. The molecule has 1 atom stereocenters. The molecule has 0 aliphatic carbocycles. The van der Waals surface area contributed by atoms with Crippen molar-refractivity contribution < 1.29 is 0 Å². The summed E-state index contributed by atoms with van der Waals surface area (Å²) in [5, 5.41) is 3.55. The highest BCUT2D eigenvalue weighted by atomic mass is 15.1. The molecule has 1 aromatic carbocycles. The minimum Gasteiger partial charge on any atom is -0.330 e. The molecule has 0 spiro atoms. The molecule has 1 aromatic heterocycles. The van der Waals surface area contributed by atoms with Crippen LogP contribution in [0.15, 0.2) is 24.3 Å². The number of aromatic nitrogens is 2. The predicted octanol–water partition coefficient (Wildman–Crippen LogP) is 2.18. The Morgan fingerprint density at radius 3 is 2.74 bits per heavy atom. The lowest BCUT2D eigenvalue weighted by molar-refractivity contribution is 0.387. The number of benzene rings is 1. The number of hydrogen-bond donors (Lipinski definition) is 1. The van der Waals surface area contributed by atoms with E-state index in [1.54, 1.807) is 0 Å². The van der Waals surface area contributed by atoms with Gasteiger partial charge in [0.25, 0.3) is 0 Å². The molecule has 0 fully saturated rings. The second-order valence-corrected chi connectivity index (χ2v) is 5.35. The highest BCUT2D eigenvalue weighted by Gasteiger charge is 2.13. The van der Waals surface area contributed by atoms with Crippen LogP contribution in [0.5, 0.6) is 0 Å². The first-order valence-corrected chi connectivity index (χ1v) is 6.89. The van der Waals surface area contributed by atoms with Crippen molar-refractivity contribution in [2.24, 2.45) is 7.05 Å². The third-order valence-electron chi connectivity index (χ3n) is 3.44. The van der Waals surface area contributed by atoms with Gasteiger partial charge in [-0.1, -0.05) is 12.1 Å². The Morgan fingerprint density at radius 1 is 1.32 bits per heavy atom. The van der Waals surface area contributed by atoms with Crippen LogP contribution in [0.2, 0.25) is 0 Å². The van der Waals surface area contributed by atoms with Crippen molar-refractivity contribution >= 4 is 11.0 Å². The fourth-order valence-electron chi connectivity index (χ4n) is 2.36. The van der Waals surface area contributed by atoms with E-state index in [-0.39, 0.29) is 6.04 Å². The van der Waals surface area contributed by atoms with Crippen LogP contribution < -0.4 is 5.32 Å². The summed E-state index contributed by atoms with van der Waals surface area (Å²) in [6.07, 6.45) is 1.15. The Bertz CT molecular complexity index is 530. The number of aryl methyl sites for hydroxylation is 1. The molecular formula is C15H24N4. The molecule has 104 valence electrons. The van der Waals surface area contributed by atoms with Crippen molar-refractivity contribution in [3.8, 4) is 0 Å². The van der Waals surface area contributed by atoms with Gasteiger partial charge in [-0.25, -0.2) is 4.98 Å². The summed E-state index contributed by atoms with van der Waals surface area (Å²) in [6.45, 7) is 4.31. The van der Waals surface area contributed by atoms with E-state index in [1.165, 1.54) is 5.52 Å². The lowest BCUT2D eigenvalue weighted by atomic mass is 10.3. The normalized spacial score (nSPS) is 13.3. The average Bonchev–Trinajstić information content (AvgIpc) is 2.72. The van der Waals surface area contributed by atoms with Gasteiger partial charge in [-0.3, -0.25) is 0 Å². The molecule has 0 bridgehead atoms. The van der Waals surface area contributed by atoms with E-state index in [1.807, 2.05) is 6.07 Å². The zero-order valence-electron chi connectivity index (χ0n) is 12.3. The Kier molecular flexibility index (Phi) is 4.56. The SMILES string of the molecule is CC(NCCCN(C)C)c1nc2ccccc2n1C. The molecule has 2 rings (SSSR count). The van der Waals surface area contributed by atoms with E-state index in [2.05, 4.69) is 61.0 Å². The lowest BCUT2D eigenvalue weighted by Crippen LogP contribution is -2.25. The highest BCUT2D eigenvalue weighted by Crippen LogP contribution is 2.18. The average molecular weight is 260 g/mol. The van der Waals surface area contributed by atoms with Gasteiger partial charge in [0.2, 0.25) is 0 Å². The summed E-state index contributed by atoms with van der Waals surface area (Å²) in [7, 11) is 6.30. The first kappa shape index (κ1) is 14.0. The fraction of sp³-hybridized carbons (Fsp3) is 0.533. The Hall–Kier alpha value is -1.39. The molecule has 0 amide bonds. The number of rotatable bonds is 6. The molecule has 1 unspecified atom stereocenters. The second-order valence-electron chi connectivity index (χ2n) is 5.35. The van der Waals surface area contributed by atoms with Crippen LogP contribution in [0.25, 0.3) is 11.0 Å². The summed E-state index contributed by atoms with van der Waals surface area (Å²) < 4.78 is 2.18. The van der Waals surface area contributed by atoms with Crippen LogP contribution in [0, 0.1) is 0 Å². The number of nitrogens with one attached hydrogen (secondary N) is 1. The molecule has 4 heteroatoms. The monoisotopic (exact) mass is 260 g/mol. The Morgan fingerprint density at radius 2 is 2.05 bits per heavy atom. The van der Waals surface area contributed by atoms with Gasteiger partial charge in [-0.05, 0) is 52.7 Å². The van der Waals surface area contributed by atoms with E-state index >= 15 is 0 Å². The van der Waals surface area contributed by atoms with Gasteiger partial charge in [0.15, 0.2) is 0 Å². The Balaban J connectivity index is 2.01. The molecule has 1 heterocycles. The minimum absolute atomic E-state index is 0.277. The van der Waals surface area contributed by atoms with E-state index in [4.69, 9.17) is 4.98 Å². The summed E-state index contributed by atoms with van der Waals surface area (Å²) >= 11 is 0. The van der Waals surface area contributed by atoms with Crippen LogP contribution >= 0.6 is 0 Å². The quantitative estimate of drug-likeness (QED) is 0.808. The van der Waals surface area contributed by atoms with Crippen LogP contribution in [0.4, 0.5) is 0 Å². The topological polar surface area (TPSA) is 33.1 Å². The van der Waals surface area contributed by atoms with Gasteiger partial charge in [0.05, 0.1) is 17.1 Å². The fourth-order valence-corrected chi connectivity index (χ4v) is 2.36. The zero-order valence-corrected chi connectivity index (χ0v) is 12.3. The van der Waals surface area contributed by atoms with Crippen molar-refractivity contribution in [3.05, 3.63) is 30.1 Å². The number of fused-ring (bicyclic) bond motifs is 1. The molecule has 0 aliphatic rings. The minimum atomic E-state index is 0.277. The summed E-state index contributed by atoms with van der Waals surface area (Å²) in [6, 6.07) is 8.55. The van der Waals surface area contributed by atoms with Crippen molar-refractivity contribution in [2.45, 2.75) is 19.4 Å². The summed E-state index contributed by atoms with van der Waals surface area (Å²) in [4.78, 5) is 6.93. The van der Waals surface area contributed by atoms with Gasteiger partial charge in [-0.2, -0.15) is 0 Å². The van der Waals surface area contributed by atoms with Crippen LogP contribution in [-0.4, -0.2) is 41.6 Å². The first-order chi connectivity index (χ1) is 9.09. The lowest BCUT2D eigenvalue weighted by Gasteiger charge is -2.15. The molecule has 19 heavy (non-hydrogen) atoms. The van der Waals surface area contributed by atoms with Crippen LogP contribution in [0.1, 0.15) is 25.2 Å². The molecular weight excluding hydrogens is 236 g/mol. The van der Waals surface area contributed by atoms with Gasteiger partial charge in [-0.15, -0.1) is 0 Å². The van der Waals surface area contributed by atoms with E-state index in [0.717, 1.165) is 30.9 Å². The molecule has 0 radical (unpaired) electrons. The van der Waals surface area contributed by atoms with Gasteiger partial charge in [0, 0.05) is 7.05 Å². The number of para-hydroxylation sites is 2. The van der Waals surface area contributed by atoms with E-state index < -0.39 is 0 Å². The van der Waals surface area contributed by atoms with Crippen LogP contribution in [0.3, 0.4) is 0 Å². The standard InChI is InChI=1S/C15H24N4/c1-12(16-10-7-11-18(2)3)15-17-13-8-5-6-9-14(13)19(15)4/h5-6,8-9,12,16H,7,10-11H2,1-4H3. The first-order valence-electron chi connectivity index (χ1n) is 6.89. The van der Waals surface area contributed by atoms with Crippen molar-refractivity contribution in [3.63, 3.8) is 0 Å². The smallest absolute Gasteiger partial charge is 0.126 e. The maximum absolute atomic E-state index is 4.72. The number of nitrogens with zero attached hydrogens (tertiary/aromatic N) is 3. The molecule has 0 saturated carbocycles. The summed E-state index contributed by atoms with van der Waals surface area (Å²) in [5.74, 6) is 1.10. The Labute approximate surface area is 115 Å². The number of hydrogen-bond acceptors (Lipinski definition) is 3. The third kappa shape index (κ3) is 3.33. The largest absolute Gasteiger partial charge is 0.330 e. The van der Waals surface area contributed by atoms with Gasteiger partial charge < -0.3 is 14.8 Å². The van der Waals surface area contributed by atoms with Crippen LogP contribution in [-0.2, 0) is 7.05 Å². The predicted molar refractivity (Wildman–Crippen MR) is 80.3 cm³/mol.